The van der Waals surface area contributed by atoms with E-state index in [9.17, 15) is 0 Å². The van der Waals surface area contributed by atoms with Crippen molar-refractivity contribution in [2.45, 2.75) is 44.4 Å². The number of nitrogens with zero attached hydrogens (tertiary/aromatic N) is 1. The van der Waals surface area contributed by atoms with Crippen LogP contribution in [0.3, 0.4) is 0 Å². The molecule has 3 heteroatoms. The largest absolute Gasteiger partial charge is 0.377 e. The van der Waals surface area contributed by atoms with Crippen LogP contribution < -0.4 is 5.73 Å². The quantitative estimate of drug-likeness (QED) is 0.904. The van der Waals surface area contributed by atoms with Crippen molar-refractivity contribution < 1.29 is 4.74 Å². The van der Waals surface area contributed by atoms with Crippen LogP contribution >= 0.6 is 0 Å². The summed E-state index contributed by atoms with van der Waals surface area (Å²) in [5, 5.41) is 0. The van der Waals surface area contributed by atoms with E-state index in [2.05, 4.69) is 36.1 Å². The third-order valence-electron chi connectivity index (χ3n) is 4.54. The summed E-state index contributed by atoms with van der Waals surface area (Å²) in [6, 6.07) is 9.24. The van der Waals surface area contributed by atoms with Crippen molar-refractivity contribution in [1.29, 1.82) is 0 Å². The van der Waals surface area contributed by atoms with E-state index in [0.29, 0.717) is 12.1 Å². The fraction of sp³-hybridized carbons (Fsp3) is 0.625. The molecule has 3 nitrogen and oxygen atoms in total. The van der Waals surface area contributed by atoms with Gasteiger partial charge in [-0.25, -0.2) is 0 Å². The van der Waals surface area contributed by atoms with Gasteiger partial charge in [0.05, 0.1) is 6.10 Å². The van der Waals surface area contributed by atoms with Crippen LogP contribution in [0.15, 0.2) is 24.3 Å². The lowest BCUT2D eigenvalue weighted by atomic mass is 10.0. The van der Waals surface area contributed by atoms with Gasteiger partial charge in [0.25, 0.3) is 0 Å². The first kappa shape index (κ1) is 13.1. The fourth-order valence-electron chi connectivity index (χ4n) is 3.60. The Labute approximate surface area is 115 Å². The highest BCUT2D eigenvalue weighted by atomic mass is 16.5. The summed E-state index contributed by atoms with van der Waals surface area (Å²) in [5.74, 6) is 0. The molecule has 0 saturated carbocycles. The van der Waals surface area contributed by atoms with Gasteiger partial charge < -0.3 is 10.5 Å². The highest BCUT2D eigenvalue weighted by molar-refractivity contribution is 5.36. The average Bonchev–Trinajstić information content (AvgIpc) is 2.78. The van der Waals surface area contributed by atoms with Gasteiger partial charge in [0, 0.05) is 25.2 Å². The smallest absolute Gasteiger partial charge is 0.0702 e. The zero-order chi connectivity index (χ0) is 13.2. The zero-order valence-corrected chi connectivity index (χ0v) is 11.7. The number of hydrogen-bond acceptors (Lipinski definition) is 3. The molecule has 0 amide bonds. The van der Waals surface area contributed by atoms with Gasteiger partial charge in [0.2, 0.25) is 0 Å². The monoisotopic (exact) mass is 260 g/mol. The Morgan fingerprint density at radius 2 is 2.21 bits per heavy atom. The van der Waals surface area contributed by atoms with Crippen molar-refractivity contribution in [3.8, 4) is 0 Å². The van der Waals surface area contributed by atoms with Crippen LogP contribution in [0.25, 0.3) is 0 Å². The molecule has 1 aliphatic carbocycles. The predicted octanol–water partition coefficient (Wildman–Crippen LogP) is 2.11. The number of benzene rings is 1. The van der Waals surface area contributed by atoms with Crippen molar-refractivity contribution in [2.24, 2.45) is 5.73 Å². The van der Waals surface area contributed by atoms with Gasteiger partial charge in [-0.2, -0.15) is 0 Å². The summed E-state index contributed by atoms with van der Waals surface area (Å²) in [6.45, 7) is 5.10. The third kappa shape index (κ3) is 2.55. The summed E-state index contributed by atoms with van der Waals surface area (Å²) < 4.78 is 5.80. The summed E-state index contributed by atoms with van der Waals surface area (Å²) in [7, 11) is 0. The summed E-state index contributed by atoms with van der Waals surface area (Å²) in [6.07, 6.45) is 3.91. The minimum absolute atomic E-state index is 0.163. The van der Waals surface area contributed by atoms with E-state index < -0.39 is 0 Å². The van der Waals surface area contributed by atoms with Crippen molar-refractivity contribution in [3.63, 3.8) is 0 Å². The van der Waals surface area contributed by atoms with Crippen molar-refractivity contribution in [1.82, 2.24) is 4.90 Å². The van der Waals surface area contributed by atoms with Gasteiger partial charge in [-0.15, -0.1) is 0 Å². The Balaban J connectivity index is 1.71. The van der Waals surface area contributed by atoms with E-state index in [4.69, 9.17) is 10.5 Å². The van der Waals surface area contributed by atoms with Crippen LogP contribution in [-0.4, -0.2) is 36.7 Å². The number of likely N-dealkylation sites (tertiary alicyclic amines) is 1. The number of fused-ring (bicyclic) bond motifs is 1. The third-order valence-corrected chi connectivity index (χ3v) is 4.54. The minimum atomic E-state index is 0.163. The van der Waals surface area contributed by atoms with Gasteiger partial charge in [-0.05, 0) is 43.9 Å². The normalized spacial score (nSPS) is 31.4. The molecule has 3 atom stereocenters. The minimum Gasteiger partial charge on any atom is -0.377 e. The first-order chi connectivity index (χ1) is 9.29. The molecular weight excluding hydrogens is 236 g/mol. The molecule has 3 rings (SSSR count). The summed E-state index contributed by atoms with van der Waals surface area (Å²) in [5.41, 5.74) is 9.23. The van der Waals surface area contributed by atoms with Crippen LogP contribution in [-0.2, 0) is 11.2 Å². The van der Waals surface area contributed by atoms with E-state index in [1.165, 1.54) is 24.0 Å². The molecule has 1 saturated heterocycles. The van der Waals surface area contributed by atoms with Gasteiger partial charge in [0.1, 0.15) is 0 Å². The SMILES string of the molecule is CCOC1CCCN(C2Cc3ccccc3C2N)C1. The fourth-order valence-corrected chi connectivity index (χ4v) is 3.60. The maximum atomic E-state index is 6.46. The molecule has 1 aromatic rings. The van der Waals surface area contributed by atoms with Crippen LogP contribution in [0.5, 0.6) is 0 Å². The Hall–Kier alpha value is -0.900. The van der Waals surface area contributed by atoms with E-state index in [0.717, 1.165) is 26.1 Å². The van der Waals surface area contributed by atoms with E-state index in [1.807, 2.05) is 0 Å². The Bertz CT molecular complexity index is 433. The van der Waals surface area contributed by atoms with Crippen LogP contribution in [0.1, 0.15) is 36.9 Å². The second-order valence-corrected chi connectivity index (χ2v) is 5.71. The first-order valence-electron chi connectivity index (χ1n) is 7.48. The Morgan fingerprint density at radius 1 is 1.37 bits per heavy atom. The first-order valence-corrected chi connectivity index (χ1v) is 7.48. The Morgan fingerprint density at radius 3 is 3.00 bits per heavy atom. The van der Waals surface area contributed by atoms with Crippen molar-refractivity contribution in [3.05, 3.63) is 35.4 Å². The highest BCUT2D eigenvalue weighted by Gasteiger charge is 2.35. The van der Waals surface area contributed by atoms with Gasteiger partial charge >= 0.3 is 0 Å². The zero-order valence-electron chi connectivity index (χ0n) is 11.7. The number of ether oxygens (including phenoxy) is 1. The average molecular weight is 260 g/mol. The molecule has 0 radical (unpaired) electrons. The molecule has 1 aliphatic heterocycles. The molecular formula is C16H24N2O. The lowest BCUT2D eigenvalue weighted by Crippen LogP contribution is -2.48. The molecule has 0 aromatic heterocycles. The van der Waals surface area contributed by atoms with E-state index in [-0.39, 0.29) is 6.04 Å². The maximum absolute atomic E-state index is 6.46. The predicted molar refractivity (Wildman–Crippen MR) is 77.1 cm³/mol. The molecule has 104 valence electrons. The molecule has 0 spiro atoms. The van der Waals surface area contributed by atoms with Crippen LogP contribution in [0, 0.1) is 0 Å². The van der Waals surface area contributed by atoms with E-state index >= 15 is 0 Å². The molecule has 19 heavy (non-hydrogen) atoms. The summed E-state index contributed by atoms with van der Waals surface area (Å²) >= 11 is 0. The van der Waals surface area contributed by atoms with E-state index in [1.54, 1.807) is 0 Å². The second-order valence-electron chi connectivity index (χ2n) is 5.71. The van der Waals surface area contributed by atoms with Crippen LogP contribution in [0.4, 0.5) is 0 Å². The molecule has 1 aromatic carbocycles. The van der Waals surface area contributed by atoms with Crippen LogP contribution in [0.2, 0.25) is 0 Å². The second kappa shape index (κ2) is 5.61. The maximum Gasteiger partial charge on any atom is 0.0702 e. The molecule has 0 bridgehead atoms. The molecule has 1 heterocycles. The molecule has 2 aliphatic rings. The number of hydrogen-bond donors (Lipinski definition) is 1. The molecule has 1 fully saturated rings. The van der Waals surface area contributed by atoms with Gasteiger partial charge in [-0.3, -0.25) is 4.90 Å². The topological polar surface area (TPSA) is 38.5 Å². The highest BCUT2D eigenvalue weighted by Crippen LogP contribution is 2.34. The number of piperidine rings is 1. The molecule has 3 unspecified atom stereocenters. The van der Waals surface area contributed by atoms with Gasteiger partial charge in [-0.1, -0.05) is 24.3 Å². The van der Waals surface area contributed by atoms with Gasteiger partial charge in [0.15, 0.2) is 0 Å². The van der Waals surface area contributed by atoms with Crippen molar-refractivity contribution >= 4 is 0 Å². The number of nitrogens with two attached hydrogens (primary N) is 1. The van der Waals surface area contributed by atoms with Crippen molar-refractivity contribution in [2.75, 3.05) is 19.7 Å². The number of rotatable bonds is 3. The standard InChI is InChI=1S/C16H24N2O/c1-2-19-13-7-5-9-18(11-13)15-10-12-6-3-4-8-14(12)16(15)17/h3-4,6,8,13,15-16H,2,5,7,9-11,17H2,1H3. The Kier molecular flexibility index (Phi) is 3.87. The summed E-state index contributed by atoms with van der Waals surface area (Å²) in [4.78, 5) is 2.55. The lowest BCUT2D eigenvalue weighted by Gasteiger charge is -2.38. The lowest BCUT2D eigenvalue weighted by molar-refractivity contribution is -0.00926. The molecule has 2 N–H and O–H groups in total.